The molecule has 2 aliphatic rings. The number of anilines is 1. The number of pyridine rings is 2. The first-order chi connectivity index (χ1) is 23.3. The van der Waals surface area contributed by atoms with E-state index in [4.69, 9.17) is 9.47 Å². The molecule has 260 valence electrons. The monoisotopic (exact) mass is 668 g/mol. The van der Waals surface area contributed by atoms with Gasteiger partial charge in [0.05, 0.1) is 23.5 Å². The number of hydrogen-bond donors (Lipinski definition) is 2. The molecule has 1 aliphatic carbocycles. The van der Waals surface area contributed by atoms with Gasteiger partial charge in [0.2, 0.25) is 0 Å². The number of likely N-dealkylation sites (N-methyl/N-ethyl adjacent to an activating group) is 1. The Balaban J connectivity index is 1.17. The summed E-state index contributed by atoms with van der Waals surface area (Å²) in [5.74, 6) is 1.24. The third kappa shape index (κ3) is 7.70. The number of hydrogen-bond acceptors (Lipinski definition) is 9. The smallest absolute Gasteiger partial charge is 0.319 e. The van der Waals surface area contributed by atoms with Crippen LogP contribution in [-0.2, 0) is 27.1 Å². The number of rotatable bonds is 8. The molecule has 6 rings (SSSR count). The summed E-state index contributed by atoms with van der Waals surface area (Å²) in [5, 5.41) is 15.3. The molecule has 12 nitrogen and oxygen atoms in total. The van der Waals surface area contributed by atoms with E-state index in [0.717, 1.165) is 66.6 Å². The Morgan fingerprint density at radius 3 is 2.39 bits per heavy atom. The fourth-order valence-corrected chi connectivity index (χ4v) is 6.67. The molecular formula is C37H48N8O4. The normalized spacial score (nSPS) is 18.9. The van der Waals surface area contributed by atoms with E-state index >= 15 is 0 Å². The summed E-state index contributed by atoms with van der Waals surface area (Å²) in [6, 6.07) is 15.1. The predicted molar refractivity (Wildman–Crippen MR) is 187 cm³/mol. The molecule has 0 radical (unpaired) electrons. The number of fused-ring (bicyclic) bond motifs is 2. The molecule has 2 amide bonds. The standard InChI is InChI=1S/C37H48N8O4/c1-24(46)48-23-26-20-25(21-32(38-26)36(2,3)4)39-35(47)40-30-13-14-31(29-11-9-8-10-28(29)30)49-27-12-15-33-41-42-34(45(33)22-27)37(5,6)44-18-16-43(7)17-19-44/h8-12,15,20-22,30-31H,13-14,16-19,23H2,1-7H3,(H2,38,39,40,47)/t30-,31+/m0/s1. The number of nitrogens with zero attached hydrogens (tertiary/aromatic N) is 6. The van der Waals surface area contributed by atoms with Crippen molar-refractivity contribution >= 4 is 23.3 Å². The minimum Gasteiger partial charge on any atom is -0.484 e. The molecule has 2 atom stereocenters. The SMILES string of the molecule is CC(=O)OCc1cc(NC(=O)N[C@H]2CC[C@@H](Oc3ccc4nnc(C(C)(C)N5CCN(C)CC5)n4c3)c3ccccc32)cc(C(C)(C)C)n1. The summed E-state index contributed by atoms with van der Waals surface area (Å²) in [7, 11) is 2.16. The molecular weight excluding hydrogens is 620 g/mol. The van der Waals surface area contributed by atoms with Gasteiger partial charge < -0.3 is 25.0 Å². The van der Waals surface area contributed by atoms with Crippen LogP contribution >= 0.6 is 0 Å². The second-order valence-electron chi connectivity index (χ2n) is 14.7. The van der Waals surface area contributed by atoms with Crippen molar-refractivity contribution in [2.75, 3.05) is 38.5 Å². The van der Waals surface area contributed by atoms with Gasteiger partial charge >= 0.3 is 12.0 Å². The van der Waals surface area contributed by atoms with Gasteiger partial charge in [0.15, 0.2) is 11.5 Å². The highest BCUT2D eigenvalue weighted by Crippen LogP contribution is 2.39. The number of amides is 2. The van der Waals surface area contributed by atoms with Crippen molar-refractivity contribution in [3.05, 3.63) is 83.1 Å². The lowest BCUT2D eigenvalue weighted by Gasteiger charge is -2.42. The maximum absolute atomic E-state index is 13.4. The summed E-state index contributed by atoms with van der Waals surface area (Å²) in [6.45, 7) is 15.9. The summed E-state index contributed by atoms with van der Waals surface area (Å²) in [6.07, 6.45) is 3.24. The Morgan fingerprint density at radius 1 is 0.939 bits per heavy atom. The molecule has 12 heteroatoms. The molecule has 49 heavy (non-hydrogen) atoms. The van der Waals surface area contributed by atoms with E-state index in [1.807, 2.05) is 57.3 Å². The Kier molecular flexibility index (Phi) is 9.63. The van der Waals surface area contributed by atoms with Gasteiger partial charge in [0.25, 0.3) is 0 Å². The third-order valence-electron chi connectivity index (χ3n) is 9.56. The Labute approximate surface area is 288 Å². The topological polar surface area (TPSA) is 126 Å². The second kappa shape index (κ2) is 13.8. The second-order valence-corrected chi connectivity index (χ2v) is 14.7. The maximum atomic E-state index is 13.4. The summed E-state index contributed by atoms with van der Waals surface area (Å²) >= 11 is 0. The van der Waals surface area contributed by atoms with E-state index in [2.05, 4.69) is 73.0 Å². The van der Waals surface area contributed by atoms with Crippen LogP contribution in [0.4, 0.5) is 10.5 Å². The van der Waals surface area contributed by atoms with Gasteiger partial charge in [-0.05, 0) is 69.1 Å². The molecule has 0 saturated carbocycles. The quantitative estimate of drug-likeness (QED) is 0.226. The molecule has 0 spiro atoms. The molecule has 1 aliphatic heterocycles. The van der Waals surface area contributed by atoms with Crippen molar-refractivity contribution < 1.29 is 19.1 Å². The van der Waals surface area contributed by atoms with E-state index in [0.29, 0.717) is 17.8 Å². The molecule has 1 aromatic carbocycles. The fraction of sp³-hybridized carbons (Fsp3) is 0.486. The number of carbonyl (C=O) groups excluding carboxylic acids is 2. The minimum absolute atomic E-state index is 0.0343. The highest BCUT2D eigenvalue weighted by atomic mass is 16.5. The van der Waals surface area contributed by atoms with E-state index in [1.165, 1.54) is 6.92 Å². The lowest BCUT2D eigenvalue weighted by molar-refractivity contribution is -0.142. The minimum atomic E-state index is -0.386. The zero-order valence-electron chi connectivity index (χ0n) is 29.6. The zero-order chi connectivity index (χ0) is 34.9. The van der Waals surface area contributed by atoms with E-state index in [1.54, 1.807) is 6.07 Å². The van der Waals surface area contributed by atoms with Gasteiger partial charge in [0, 0.05) is 49.9 Å². The average molecular weight is 669 g/mol. The van der Waals surface area contributed by atoms with Crippen LogP contribution in [0.3, 0.4) is 0 Å². The predicted octanol–water partition coefficient (Wildman–Crippen LogP) is 5.74. The first kappa shape index (κ1) is 34.3. The molecule has 3 aromatic heterocycles. The van der Waals surface area contributed by atoms with Gasteiger partial charge in [-0.2, -0.15) is 0 Å². The molecule has 1 fully saturated rings. The molecule has 2 N–H and O–H groups in total. The lowest BCUT2D eigenvalue weighted by atomic mass is 9.85. The summed E-state index contributed by atoms with van der Waals surface area (Å²) in [5.41, 5.74) is 4.23. The van der Waals surface area contributed by atoms with Gasteiger partial charge in [-0.25, -0.2) is 4.79 Å². The molecule has 1 saturated heterocycles. The Bertz CT molecular complexity index is 1820. The van der Waals surface area contributed by atoms with Gasteiger partial charge in [0.1, 0.15) is 18.5 Å². The summed E-state index contributed by atoms with van der Waals surface area (Å²) in [4.78, 5) is 34.3. The van der Waals surface area contributed by atoms with Crippen molar-refractivity contribution in [3.63, 3.8) is 0 Å². The van der Waals surface area contributed by atoms with Crippen LogP contribution in [0.1, 0.15) is 94.9 Å². The Morgan fingerprint density at radius 2 is 1.67 bits per heavy atom. The van der Waals surface area contributed by atoms with Gasteiger partial charge in [-0.15, -0.1) is 10.2 Å². The number of piperazine rings is 1. The highest BCUT2D eigenvalue weighted by Gasteiger charge is 2.35. The number of aromatic nitrogens is 4. The van der Waals surface area contributed by atoms with Crippen LogP contribution in [0, 0.1) is 0 Å². The van der Waals surface area contributed by atoms with Crippen molar-refractivity contribution in [2.45, 2.75) is 84.1 Å². The third-order valence-corrected chi connectivity index (χ3v) is 9.56. The fourth-order valence-electron chi connectivity index (χ4n) is 6.67. The largest absolute Gasteiger partial charge is 0.484 e. The first-order valence-corrected chi connectivity index (χ1v) is 17.0. The number of carbonyl (C=O) groups is 2. The number of ether oxygens (including phenoxy) is 2. The summed E-state index contributed by atoms with van der Waals surface area (Å²) < 4.78 is 13.9. The van der Waals surface area contributed by atoms with Crippen LogP contribution in [0.2, 0.25) is 0 Å². The lowest BCUT2D eigenvalue weighted by Crippen LogP contribution is -2.52. The molecule has 0 unspecified atom stereocenters. The van der Waals surface area contributed by atoms with Crippen LogP contribution in [0.15, 0.2) is 54.7 Å². The van der Waals surface area contributed by atoms with Crippen molar-refractivity contribution in [3.8, 4) is 5.75 Å². The van der Waals surface area contributed by atoms with Gasteiger partial charge in [-0.3, -0.25) is 19.1 Å². The van der Waals surface area contributed by atoms with Crippen LogP contribution in [0.25, 0.3) is 5.65 Å². The van der Waals surface area contributed by atoms with Crippen molar-refractivity contribution in [1.29, 1.82) is 0 Å². The van der Waals surface area contributed by atoms with Crippen molar-refractivity contribution in [1.82, 2.24) is 34.7 Å². The van der Waals surface area contributed by atoms with Crippen LogP contribution in [0.5, 0.6) is 5.75 Å². The van der Waals surface area contributed by atoms with Crippen LogP contribution in [-0.4, -0.2) is 74.6 Å². The average Bonchev–Trinajstić information content (AvgIpc) is 3.49. The number of esters is 1. The highest BCUT2D eigenvalue weighted by molar-refractivity contribution is 5.89. The molecule has 4 aromatic rings. The van der Waals surface area contributed by atoms with E-state index < -0.39 is 0 Å². The van der Waals surface area contributed by atoms with E-state index in [-0.39, 0.29) is 41.7 Å². The maximum Gasteiger partial charge on any atom is 0.319 e. The molecule has 0 bridgehead atoms. The van der Waals surface area contributed by atoms with E-state index in [9.17, 15) is 9.59 Å². The zero-order valence-corrected chi connectivity index (χ0v) is 29.6. The van der Waals surface area contributed by atoms with Crippen molar-refractivity contribution in [2.24, 2.45) is 0 Å². The number of urea groups is 1. The van der Waals surface area contributed by atoms with Crippen LogP contribution < -0.4 is 15.4 Å². The molecule has 4 heterocycles. The Hall–Kier alpha value is -4.55. The van der Waals surface area contributed by atoms with Gasteiger partial charge in [-0.1, -0.05) is 45.0 Å². The first-order valence-electron chi connectivity index (χ1n) is 17.0. The number of nitrogens with one attached hydrogen (secondary N) is 2. The number of benzene rings is 1.